The molecule has 23 heavy (non-hydrogen) atoms. The van der Waals surface area contributed by atoms with Crippen molar-refractivity contribution in [3.05, 3.63) is 36.5 Å². The average Bonchev–Trinajstić information content (AvgIpc) is 2.54. The van der Waals surface area contributed by atoms with Gasteiger partial charge in [0.15, 0.2) is 0 Å². The molecular weight excluding hydrogens is 280 g/mol. The molecule has 0 aromatic heterocycles. The monoisotopic (exact) mass is 320 g/mol. The maximum Gasteiger partial charge on any atom is 0.0431 e. The van der Waals surface area contributed by atoms with Crippen LogP contribution in [0.1, 0.15) is 79.1 Å². The molecule has 0 radical (unpaired) electrons. The summed E-state index contributed by atoms with van der Waals surface area (Å²) < 4.78 is 0. The molecule has 0 heterocycles. The fourth-order valence-corrected chi connectivity index (χ4v) is 2.84. The molecule has 0 unspecified atom stereocenters. The summed E-state index contributed by atoms with van der Waals surface area (Å²) in [5.74, 6) is 2.47. The Morgan fingerprint density at radius 2 is 1.78 bits per heavy atom. The van der Waals surface area contributed by atoms with Gasteiger partial charge in [0.25, 0.3) is 0 Å². The highest BCUT2D eigenvalue weighted by Crippen LogP contribution is 2.33. The highest BCUT2D eigenvalue weighted by molar-refractivity contribution is 5.12. The number of allylic oxidation sites excluding steroid dienone is 4. The van der Waals surface area contributed by atoms with Crippen molar-refractivity contribution in [1.29, 1.82) is 0 Å². The quantitative estimate of drug-likeness (QED) is 0.300. The molecule has 1 rings (SSSR count). The van der Waals surface area contributed by atoms with Crippen molar-refractivity contribution >= 4 is 0 Å². The van der Waals surface area contributed by atoms with E-state index in [1.54, 1.807) is 0 Å². The summed E-state index contributed by atoms with van der Waals surface area (Å²) in [5.41, 5.74) is 2.72. The van der Waals surface area contributed by atoms with Gasteiger partial charge in [-0.15, -0.1) is 0 Å². The lowest BCUT2D eigenvalue weighted by Crippen LogP contribution is -2.13. The molecule has 0 saturated heterocycles. The molecule has 0 atom stereocenters. The lowest BCUT2D eigenvalue weighted by molar-refractivity contribution is 0.281. The summed E-state index contributed by atoms with van der Waals surface area (Å²) >= 11 is 0. The van der Waals surface area contributed by atoms with Crippen LogP contribution in [0.4, 0.5) is 0 Å². The van der Waals surface area contributed by atoms with Crippen LogP contribution in [0.5, 0.6) is 0 Å². The molecular formula is C22H40O. The van der Waals surface area contributed by atoms with Gasteiger partial charge >= 0.3 is 0 Å². The van der Waals surface area contributed by atoms with E-state index in [0.29, 0.717) is 6.61 Å². The first-order valence-corrected chi connectivity index (χ1v) is 9.48. The van der Waals surface area contributed by atoms with Crippen molar-refractivity contribution in [2.45, 2.75) is 79.1 Å². The molecule has 1 fully saturated rings. The van der Waals surface area contributed by atoms with Gasteiger partial charge in [-0.3, -0.25) is 0 Å². The minimum atomic E-state index is 0.328. The second-order valence-electron chi connectivity index (χ2n) is 7.58. The van der Waals surface area contributed by atoms with E-state index in [2.05, 4.69) is 46.9 Å². The molecule has 0 aromatic carbocycles. The van der Waals surface area contributed by atoms with Crippen LogP contribution in [0, 0.1) is 17.8 Å². The Bertz CT molecular complexity index is 343. The molecule has 1 heteroatoms. The smallest absolute Gasteiger partial charge is 0.0431 e. The molecule has 0 bridgehead atoms. The molecule has 1 N–H and O–H groups in total. The molecule has 0 aromatic rings. The van der Waals surface area contributed by atoms with Crippen LogP contribution in [0.15, 0.2) is 36.5 Å². The van der Waals surface area contributed by atoms with Crippen LogP contribution in [0.2, 0.25) is 0 Å². The van der Waals surface area contributed by atoms with Gasteiger partial charge in [0.2, 0.25) is 0 Å². The van der Waals surface area contributed by atoms with E-state index in [-0.39, 0.29) is 0 Å². The fourth-order valence-electron chi connectivity index (χ4n) is 2.84. The van der Waals surface area contributed by atoms with Crippen molar-refractivity contribution in [2.75, 3.05) is 6.61 Å². The molecule has 1 saturated carbocycles. The van der Waals surface area contributed by atoms with Gasteiger partial charge < -0.3 is 5.11 Å². The van der Waals surface area contributed by atoms with E-state index in [9.17, 15) is 0 Å². The molecule has 1 nitrogen and oxygen atoms in total. The molecule has 0 amide bonds. The van der Waals surface area contributed by atoms with E-state index >= 15 is 0 Å². The Balaban J connectivity index is 0.000000468. The normalized spacial score (nSPS) is 21.6. The number of rotatable bonds is 8. The lowest BCUT2D eigenvalue weighted by atomic mass is 9.78. The SMILES string of the molecule is C=C(CCCCO)C1CCC(C)CC1.C=C/C(C)=C/CC(C)C. The Morgan fingerprint density at radius 3 is 2.26 bits per heavy atom. The van der Waals surface area contributed by atoms with Crippen molar-refractivity contribution in [3.8, 4) is 0 Å². The molecule has 1 aliphatic rings. The molecule has 1 aliphatic carbocycles. The van der Waals surface area contributed by atoms with Gasteiger partial charge in [-0.2, -0.15) is 0 Å². The third-order valence-electron chi connectivity index (χ3n) is 4.73. The van der Waals surface area contributed by atoms with Crippen molar-refractivity contribution in [3.63, 3.8) is 0 Å². The first-order chi connectivity index (χ1) is 10.9. The Kier molecular flexibility index (Phi) is 13.1. The second-order valence-corrected chi connectivity index (χ2v) is 7.58. The van der Waals surface area contributed by atoms with Crippen molar-refractivity contribution < 1.29 is 5.11 Å². The molecule has 0 spiro atoms. The number of aliphatic hydroxyl groups excluding tert-OH is 1. The third-order valence-corrected chi connectivity index (χ3v) is 4.73. The summed E-state index contributed by atoms with van der Waals surface area (Å²) in [4.78, 5) is 0. The van der Waals surface area contributed by atoms with E-state index in [1.807, 2.05) is 6.08 Å². The highest BCUT2D eigenvalue weighted by atomic mass is 16.2. The zero-order valence-corrected chi connectivity index (χ0v) is 16.1. The van der Waals surface area contributed by atoms with E-state index in [0.717, 1.165) is 43.4 Å². The van der Waals surface area contributed by atoms with Crippen molar-refractivity contribution in [1.82, 2.24) is 0 Å². The standard InChI is InChI=1S/C13H24O.C9H16/c1-11-6-8-13(9-7-11)12(2)5-3-4-10-14;1-5-9(4)7-6-8(2)3/h11,13-14H,2-10H2,1H3;5,7-8H,1,6H2,2-4H3/b;9-7+. The third kappa shape index (κ3) is 12.3. The zero-order chi connectivity index (χ0) is 17.7. The van der Waals surface area contributed by atoms with Crippen LogP contribution in [-0.4, -0.2) is 11.7 Å². The minimum Gasteiger partial charge on any atom is -0.396 e. The topological polar surface area (TPSA) is 20.2 Å². The Labute approximate surface area is 145 Å². The maximum absolute atomic E-state index is 8.69. The number of unbranched alkanes of at least 4 members (excludes halogenated alkanes) is 1. The Morgan fingerprint density at radius 1 is 1.17 bits per heavy atom. The van der Waals surface area contributed by atoms with Gasteiger partial charge in [-0.05, 0) is 63.2 Å². The summed E-state index contributed by atoms with van der Waals surface area (Å²) in [6, 6.07) is 0. The first kappa shape index (κ1) is 22.2. The van der Waals surface area contributed by atoms with Gasteiger partial charge in [-0.1, -0.05) is 70.1 Å². The van der Waals surface area contributed by atoms with Gasteiger partial charge in [0, 0.05) is 6.61 Å². The number of aliphatic hydroxyl groups is 1. The van der Waals surface area contributed by atoms with E-state index < -0.39 is 0 Å². The van der Waals surface area contributed by atoms with Crippen LogP contribution in [0.3, 0.4) is 0 Å². The average molecular weight is 321 g/mol. The van der Waals surface area contributed by atoms with E-state index in [1.165, 1.54) is 36.8 Å². The van der Waals surface area contributed by atoms with E-state index in [4.69, 9.17) is 5.11 Å². The second kappa shape index (κ2) is 13.6. The van der Waals surface area contributed by atoms with Crippen LogP contribution in [0.25, 0.3) is 0 Å². The largest absolute Gasteiger partial charge is 0.396 e. The maximum atomic E-state index is 8.69. The lowest BCUT2D eigenvalue weighted by Gasteiger charge is -2.27. The summed E-state index contributed by atoms with van der Waals surface area (Å²) in [6.07, 6.45) is 13.9. The van der Waals surface area contributed by atoms with Gasteiger partial charge in [-0.25, -0.2) is 0 Å². The highest BCUT2D eigenvalue weighted by Gasteiger charge is 2.19. The summed E-state index contributed by atoms with van der Waals surface area (Å²) in [5, 5.41) is 8.69. The Hall–Kier alpha value is -0.820. The van der Waals surface area contributed by atoms with Crippen LogP contribution >= 0.6 is 0 Å². The van der Waals surface area contributed by atoms with Crippen LogP contribution in [-0.2, 0) is 0 Å². The number of hydrogen-bond donors (Lipinski definition) is 1. The van der Waals surface area contributed by atoms with Crippen molar-refractivity contribution in [2.24, 2.45) is 17.8 Å². The predicted octanol–water partition coefficient (Wildman–Crippen LogP) is 6.70. The zero-order valence-electron chi connectivity index (χ0n) is 16.1. The predicted molar refractivity (Wildman–Crippen MR) is 105 cm³/mol. The fraction of sp³-hybridized carbons (Fsp3) is 0.727. The molecule has 0 aliphatic heterocycles. The first-order valence-electron chi connectivity index (χ1n) is 9.48. The van der Waals surface area contributed by atoms with Gasteiger partial charge in [0.05, 0.1) is 0 Å². The summed E-state index contributed by atoms with van der Waals surface area (Å²) in [6.45, 7) is 17.1. The number of hydrogen-bond acceptors (Lipinski definition) is 1. The summed E-state index contributed by atoms with van der Waals surface area (Å²) in [7, 11) is 0. The molecule has 134 valence electrons. The van der Waals surface area contributed by atoms with Gasteiger partial charge in [0.1, 0.15) is 0 Å². The van der Waals surface area contributed by atoms with Crippen LogP contribution < -0.4 is 0 Å². The minimum absolute atomic E-state index is 0.328.